The Morgan fingerprint density at radius 3 is 2.55 bits per heavy atom. The van der Waals surface area contributed by atoms with E-state index >= 15 is 0 Å². The van der Waals surface area contributed by atoms with Gasteiger partial charge in [0.2, 0.25) is 0 Å². The standard InChI is InChI=1S/C32H41ClN2O3/c1-25-10-9-14-30(25)32(26(2)36,28-12-5-4-6-13-28)29-16-17-35(23-29)19-21-38-24-37-20-18-34(3)22-27-11-7-8-15-31(27)33/h4-15,25,29H,16-24H2,1-3H3. The molecule has 0 bridgehead atoms. The largest absolute Gasteiger partial charge is 0.354 e. The number of rotatable bonds is 14. The van der Waals surface area contributed by atoms with Gasteiger partial charge in [-0.05, 0) is 61.5 Å². The lowest BCUT2D eigenvalue weighted by Crippen LogP contribution is -2.46. The summed E-state index contributed by atoms with van der Waals surface area (Å²) in [5.74, 6) is 0.736. The molecule has 1 saturated heterocycles. The number of likely N-dealkylation sites (tertiary alicyclic amines) is 1. The molecule has 6 heteroatoms. The predicted octanol–water partition coefficient (Wildman–Crippen LogP) is 5.74. The summed E-state index contributed by atoms with van der Waals surface area (Å²) in [5, 5.41) is 0.795. The second-order valence-corrected chi connectivity index (χ2v) is 11.0. The van der Waals surface area contributed by atoms with E-state index in [2.05, 4.69) is 66.3 Å². The summed E-state index contributed by atoms with van der Waals surface area (Å²) >= 11 is 6.26. The zero-order valence-corrected chi connectivity index (χ0v) is 23.7. The van der Waals surface area contributed by atoms with Crippen LogP contribution in [0, 0.1) is 11.8 Å². The summed E-state index contributed by atoms with van der Waals surface area (Å²) in [6, 6.07) is 18.3. The number of nitrogens with zero attached hydrogens (tertiary/aromatic N) is 2. The van der Waals surface area contributed by atoms with Gasteiger partial charge in [0.1, 0.15) is 12.6 Å². The summed E-state index contributed by atoms with van der Waals surface area (Å²) in [5.41, 5.74) is 2.88. The van der Waals surface area contributed by atoms with Crippen molar-refractivity contribution in [3.8, 4) is 0 Å². The Labute approximate surface area is 233 Å². The van der Waals surface area contributed by atoms with E-state index in [-0.39, 0.29) is 24.4 Å². The van der Waals surface area contributed by atoms with Crippen LogP contribution < -0.4 is 0 Å². The van der Waals surface area contributed by atoms with E-state index in [0.717, 1.165) is 55.3 Å². The zero-order valence-electron chi connectivity index (χ0n) is 22.9. The number of benzene rings is 2. The minimum absolute atomic E-state index is 0.237. The minimum Gasteiger partial charge on any atom is -0.354 e. The average Bonchev–Trinajstić information content (AvgIpc) is 3.56. The van der Waals surface area contributed by atoms with E-state index in [1.54, 1.807) is 6.92 Å². The lowest BCUT2D eigenvalue weighted by Gasteiger charge is -2.41. The molecule has 0 saturated carbocycles. The highest BCUT2D eigenvalue weighted by Crippen LogP contribution is 2.48. The number of likely N-dealkylation sites (N-methyl/N-ethyl adjacent to an activating group) is 1. The molecule has 38 heavy (non-hydrogen) atoms. The summed E-state index contributed by atoms with van der Waals surface area (Å²) in [4.78, 5) is 18.1. The molecule has 2 aromatic carbocycles. The first kappa shape index (κ1) is 28.7. The fourth-order valence-corrected chi connectivity index (χ4v) is 6.28. The normalized spacial score (nSPS) is 21.1. The van der Waals surface area contributed by atoms with Gasteiger partial charge in [-0.15, -0.1) is 0 Å². The van der Waals surface area contributed by atoms with Crippen LogP contribution >= 0.6 is 11.6 Å². The highest BCUT2D eigenvalue weighted by atomic mass is 35.5. The van der Waals surface area contributed by atoms with Crippen molar-refractivity contribution in [1.82, 2.24) is 9.80 Å². The van der Waals surface area contributed by atoms with Gasteiger partial charge in [-0.1, -0.05) is 85.3 Å². The molecule has 0 radical (unpaired) electrons. The van der Waals surface area contributed by atoms with Crippen LogP contribution in [0.3, 0.4) is 0 Å². The smallest absolute Gasteiger partial charge is 0.146 e. The van der Waals surface area contributed by atoms with Crippen molar-refractivity contribution < 1.29 is 14.3 Å². The Hall–Kier alpha value is -2.28. The molecule has 0 amide bonds. The SMILES string of the molecule is CC(=O)C(C1=CC=CC1C)(c1ccccc1)C1CCN(CCOCOCCN(C)Cc2ccccc2Cl)C1. The van der Waals surface area contributed by atoms with Crippen molar-refractivity contribution in [2.45, 2.75) is 32.2 Å². The van der Waals surface area contributed by atoms with Crippen LogP contribution in [0.1, 0.15) is 31.4 Å². The van der Waals surface area contributed by atoms with Crippen LogP contribution in [0.2, 0.25) is 5.02 Å². The van der Waals surface area contributed by atoms with E-state index in [4.69, 9.17) is 21.1 Å². The van der Waals surface area contributed by atoms with Crippen LogP contribution in [-0.4, -0.2) is 68.8 Å². The van der Waals surface area contributed by atoms with E-state index < -0.39 is 5.41 Å². The van der Waals surface area contributed by atoms with Crippen molar-refractivity contribution >= 4 is 17.4 Å². The van der Waals surface area contributed by atoms with Gasteiger partial charge in [0, 0.05) is 31.2 Å². The molecule has 1 fully saturated rings. The minimum atomic E-state index is -0.584. The predicted molar refractivity (Wildman–Crippen MR) is 154 cm³/mol. The Balaban J connectivity index is 1.23. The third-order valence-corrected chi connectivity index (χ3v) is 8.39. The van der Waals surface area contributed by atoms with Gasteiger partial charge < -0.3 is 14.4 Å². The molecule has 1 aliphatic carbocycles. The van der Waals surface area contributed by atoms with Crippen LogP contribution in [0.15, 0.2) is 78.4 Å². The number of carbonyl (C=O) groups is 1. The van der Waals surface area contributed by atoms with Gasteiger partial charge in [0.25, 0.3) is 0 Å². The molecule has 0 N–H and O–H groups in total. The second-order valence-electron chi connectivity index (χ2n) is 10.6. The van der Waals surface area contributed by atoms with Crippen molar-refractivity contribution in [1.29, 1.82) is 0 Å². The quantitative estimate of drug-likeness (QED) is 0.227. The van der Waals surface area contributed by atoms with Crippen LogP contribution in [0.4, 0.5) is 0 Å². The first-order chi connectivity index (χ1) is 18.4. The number of Topliss-reactive ketones (excluding diaryl/α,β-unsaturated/α-hetero) is 1. The topological polar surface area (TPSA) is 42.0 Å². The fraction of sp³-hybridized carbons (Fsp3) is 0.469. The summed E-state index contributed by atoms with van der Waals surface area (Å²) in [7, 11) is 2.06. The lowest BCUT2D eigenvalue weighted by atomic mass is 9.60. The number of ether oxygens (including phenoxy) is 2. The molecule has 2 aromatic rings. The highest BCUT2D eigenvalue weighted by Gasteiger charge is 2.50. The van der Waals surface area contributed by atoms with Crippen molar-refractivity contribution in [3.05, 3.63) is 94.5 Å². The van der Waals surface area contributed by atoms with Crippen molar-refractivity contribution in [2.24, 2.45) is 11.8 Å². The van der Waals surface area contributed by atoms with Gasteiger partial charge in [-0.25, -0.2) is 0 Å². The van der Waals surface area contributed by atoms with Gasteiger partial charge in [0.05, 0.1) is 18.6 Å². The zero-order chi connectivity index (χ0) is 27.0. The van der Waals surface area contributed by atoms with E-state index in [9.17, 15) is 4.79 Å². The number of allylic oxidation sites excluding steroid dienone is 4. The van der Waals surface area contributed by atoms with Crippen LogP contribution in [-0.2, 0) is 26.2 Å². The van der Waals surface area contributed by atoms with E-state index in [0.29, 0.717) is 13.2 Å². The van der Waals surface area contributed by atoms with Gasteiger partial charge in [0.15, 0.2) is 0 Å². The monoisotopic (exact) mass is 536 g/mol. The molecular formula is C32H41ClN2O3. The number of ketones is 1. The first-order valence-corrected chi connectivity index (χ1v) is 14.1. The maximum absolute atomic E-state index is 13.5. The molecular weight excluding hydrogens is 496 g/mol. The molecule has 3 unspecified atom stereocenters. The molecule has 2 aliphatic rings. The molecule has 0 spiro atoms. The summed E-state index contributed by atoms with van der Waals surface area (Å²) in [6.45, 7) is 9.76. The Morgan fingerprint density at radius 1 is 1.11 bits per heavy atom. The molecule has 204 valence electrons. The number of hydrogen-bond donors (Lipinski definition) is 0. The molecule has 3 atom stereocenters. The molecule has 1 aliphatic heterocycles. The van der Waals surface area contributed by atoms with E-state index in [1.807, 2.05) is 30.3 Å². The third kappa shape index (κ3) is 6.64. The number of hydrogen-bond acceptors (Lipinski definition) is 5. The average molecular weight is 537 g/mol. The van der Waals surface area contributed by atoms with Crippen LogP contribution in [0.5, 0.6) is 0 Å². The van der Waals surface area contributed by atoms with E-state index in [1.165, 1.54) is 5.57 Å². The third-order valence-electron chi connectivity index (χ3n) is 8.02. The second kappa shape index (κ2) is 13.7. The van der Waals surface area contributed by atoms with Gasteiger partial charge >= 0.3 is 0 Å². The maximum Gasteiger partial charge on any atom is 0.146 e. The molecule has 0 aromatic heterocycles. The van der Waals surface area contributed by atoms with Crippen molar-refractivity contribution in [2.75, 3.05) is 53.2 Å². The summed E-state index contributed by atoms with van der Waals surface area (Å²) < 4.78 is 11.5. The maximum atomic E-state index is 13.5. The van der Waals surface area contributed by atoms with Crippen LogP contribution in [0.25, 0.3) is 0 Å². The fourth-order valence-electron chi connectivity index (χ4n) is 6.08. The summed E-state index contributed by atoms with van der Waals surface area (Å²) in [6.07, 6.45) is 7.47. The molecule has 5 nitrogen and oxygen atoms in total. The molecule has 4 rings (SSSR count). The number of carbonyl (C=O) groups excluding carboxylic acids is 1. The Kier molecular flexibility index (Phi) is 10.3. The first-order valence-electron chi connectivity index (χ1n) is 13.7. The lowest BCUT2D eigenvalue weighted by molar-refractivity contribution is -0.123. The molecule has 1 heterocycles. The Morgan fingerprint density at radius 2 is 1.84 bits per heavy atom. The Bertz CT molecular complexity index is 1120. The number of halogens is 1. The van der Waals surface area contributed by atoms with Gasteiger partial charge in [-0.3, -0.25) is 9.69 Å². The van der Waals surface area contributed by atoms with Gasteiger partial charge in [-0.2, -0.15) is 0 Å². The highest BCUT2D eigenvalue weighted by molar-refractivity contribution is 6.31. The van der Waals surface area contributed by atoms with Crippen molar-refractivity contribution in [3.63, 3.8) is 0 Å².